The summed E-state index contributed by atoms with van der Waals surface area (Å²) in [7, 11) is 0. The lowest BCUT2D eigenvalue weighted by atomic mass is 9.86. The first kappa shape index (κ1) is 15.4. The van der Waals surface area contributed by atoms with Gasteiger partial charge in [0.2, 0.25) is 5.88 Å². The zero-order chi connectivity index (χ0) is 15.8. The second-order valence-electron chi connectivity index (χ2n) is 6.47. The third-order valence-corrected chi connectivity index (χ3v) is 3.58. The van der Waals surface area contributed by atoms with Crippen LogP contribution in [0.1, 0.15) is 44.5 Å². The Labute approximate surface area is 126 Å². The highest BCUT2D eigenvalue weighted by atomic mass is 16.5. The van der Waals surface area contributed by atoms with Crippen molar-refractivity contribution in [1.82, 2.24) is 9.78 Å². The van der Waals surface area contributed by atoms with Gasteiger partial charge in [-0.15, -0.1) is 0 Å². The minimum Gasteiger partial charge on any atom is -0.437 e. The van der Waals surface area contributed by atoms with Crippen molar-refractivity contribution in [2.24, 2.45) is 0 Å². The van der Waals surface area contributed by atoms with E-state index in [0.29, 0.717) is 11.6 Å². The molecule has 2 rings (SSSR count). The van der Waals surface area contributed by atoms with Crippen molar-refractivity contribution in [2.75, 3.05) is 5.73 Å². The van der Waals surface area contributed by atoms with Crippen LogP contribution in [0.4, 0.5) is 5.69 Å². The van der Waals surface area contributed by atoms with E-state index in [1.54, 1.807) is 4.68 Å². The van der Waals surface area contributed by atoms with E-state index >= 15 is 0 Å². The Morgan fingerprint density at radius 1 is 1.24 bits per heavy atom. The highest BCUT2D eigenvalue weighted by Gasteiger charge is 2.22. The minimum atomic E-state index is 0.00387. The Morgan fingerprint density at radius 2 is 1.90 bits per heavy atom. The molecule has 0 aliphatic carbocycles. The number of aryl methyl sites for hydroxylation is 3. The lowest BCUT2D eigenvalue weighted by Crippen LogP contribution is -2.13. The van der Waals surface area contributed by atoms with Gasteiger partial charge in [0.15, 0.2) is 0 Å². The maximum absolute atomic E-state index is 6.17. The first-order valence-electron chi connectivity index (χ1n) is 7.36. The van der Waals surface area contributed by atoms with Crippen molar-refractivity contribution in [2.45, 2.75) is 53.5 Å². The molecule has 0 atom stereocenters. The zero-order valence-corrected chi connectivity index (χ0v) is 13.8. The molecule has 1 heterocycles. The number of hydrogen-bond acceptors (Lipinski definition) is 3. The predicted molar refractivity (Wildman–Crippen MR) is 87.0 cm³/mol. The third kappa shape index (κ3) is 3.04. The monoisotopic (exact) mass is 287 g/mol. The van der Waals surface area contributed by atoms with Gasteiger partial charge in [0, 0.05) is 12.1 Å². The molecule has 0 radical (unpaired) electrons. The van der Waals surface area contributed by atoms with E-state index in [2.05, 4.69) is 51.0 Å². The van der Waals surface area contributed by atoms with E-state index in [1.165, 1.54) is 0 Å². The van der Waals surface area contributed by atoms with Crippen LogP contribution in [0, 0.1) is 13.8 Å². The van der Waals surface area contributed by atoms with Crippen LogP contribution in [0.3, 0.4) is 0 Å². The Hall–Kier alpha value is -1.97. The van der Waals surface area contributed by atoms with Crippen LogP contribution in [-0.4, -0.2) is 9.78 Å². The summed E-state index contributed by atoms with van der Waals surface area (Å²) in [5.74, 6) is 1.48. The predicted octanol–water partition coefficient (Wildman–Crippen LogP) is 4.19. The molecule has 0 spiro atoms. The summed E-state index contributed by atoms with van der Waals surface area (Å²) >= 11 is 0. The largest absolute Gasteiger partial charge is 0.437 e. The molecule has 0 amide bonds. The normalized spacial score (nSPS) is 11.7. The lowest BCUT2D eigenvalue weighted by Gasteiger charge is -2.23. The van der Waals surface area contributed by atoms with Crippen LogP contribution in [0.5, 0.6) is 11.6 Å². The van der Waals surface area contributed by atoms with Crippen molar-refractivity contribution >= 4 is 5.69 Å². The fourth-order valence-electron chi connectivity index (χ4n) is 2.33. The van der Waals surface area contributed by atoms with E-state index in [9.17, 15) is 0 Å². The molecule has 0 aliphatic rings. The average molecular weight is 287 g/mol. The summed E-state index contributed by atoms with van der Waals surface area (Å²) < 4.78 is 7.97. The van der Waals surface area contributed by atoms with E-state index < -0.39 is 0 Å². The van der Waals surface area contributed by atoms with Crippen LogP contribution in [-0.2, 0) is 12.0 Å². The van der Waals surface area contributed by atoms with Gasteiger partial charge in [-0.2, -0.15) is 5.10 Å². The highest BCUT2D eigenvalue weighted by molar-refractivity contribution is 5.55. The number of hydrogen-bond donors (Lipinski definition) is 1. The average Bonchev–Trinajstić information content (AvgIpc) is 2.65. The smallest absolute Gasteiger partial charge is 0.241 e. The summed E-state index contributed by atoms with van der Waals surface area (Å²) in [6, 6.07) is 6.29. The van der Waals surface area contributed by atoms with Gasteiger partial charge < -0.3 is 10.5 Å². The van der Waals surface area contributed by atoms with Crippen molar-refractivity contribution in [3.05, 3.63) is 35.0 Å². The van der Waals surface area contributed by atoms with E-state index in [0.717, 1.165) is 29.1 Å². The summed E-state index contributed by atoms with van der Waals surface area (Å²) in [5, 5.41) is 4.41. The molecule has 0 aliphatic heterocycles. The van der Waals surface area contributed by atoms with Gasteiger partial charge in [0.1, 0.15) is 11.4 Å². The van der Waals surface area contributed by atoms with E-state index in [-0.39, 0.29) is 5.41 Å². The molecule has 114 valence electrons. The number of anilines is 1. The minimum absolute atomic E-state index is 0.00387. The molecule has 21 heavy (non-hydrogen) atoms. The molecule has 1 aromatic carbocycles. The summed E-state index contributed by atoms with van der Waals surface area (Å²) in [5.41, 5.74) is 9.86. The van der Waals surface area contributed by atoms with Crippen molar-refractivity contribution in [3.63, 3.8) is 0 Å². The van der Waals surface area contributed by atoms with Crippen LogP contribution in [0.2, 0.25) is 0 Å². The zero-order valence-electron chi connectivity index (χ0n) is 13.8. The number of nitrogens with two attached hydrogens (primary N) is 1. The standard InChI is InChI=1S/C17H25N3O/c1-7-20-16(15(18)12(3)19-20)21-14-10-11(2)8-9-13(14)17(4,5)6/h8-10H,7,18H2,1-6H3. The quantitative estimate of drug-likeness (QED) is 0.920. The van der Waals surface area contributed by atoms with E-state index in [1.807, 2.05) is 13.8 Å². The molecule has 0 saturated carbocycles. The molecule has 4 heteroatoms. The van der Waals surface area contributed by atoms with Gasteiger partial charge in [-0.25, -0.2) is 4.68 Å². The summed E-state index contributed by atoms with van der Waals surface area (Å²) in [6.45, 7) is 13.2. The molecule has 0 fully saturated rings. The SMILES string of the molecule is CCn1nc(C)c(N)c1Oc1cc(C)ccc1C(C)(C)C. The number of nitrogens with zero attached hydrogens (tertiary/aromatic N) is 2. The summed E-state index contributed by atoms with van der Waals surface area (Å²) in [4.78, 5) is 0. The molecule has 2 aromatic rings. The fraction of sp³-hybridized carbons (Fsp3) is 0.471. The maximum Gasteiger partial charge on any atom is 0.241 e. The van der Waals surface area contributed by atoms with Crippen molar-refractivity contribution < 1.29 is 4.74 Å². The molecule has 0 saturated heterocycles. The number of aromatic nitrogens is 2. The second kappa shape index (κ2) is 5.43. The Bertz CT molecular complexity index is 651. The number of ether oxygens (including phenoxy) is 1. The van der Waals surface area contributed by atoms with Crippen LogP contribution < -0.4 is 10.5 Å². The van der Waals surface area contributed by atoms with Gasteiger partial charge in [-0.1, -0.05) is 32.9 Å². The molecular formula is C17H25N3O. The Balaban J connectivity index is 2.51. The summed E-state index contributed by atoms with van der Waals surface area (Å²) in [6.07, 6.45) is 0. The van der Waals surface area contributed by atoms with Crippen molar-refractivity contribution in [1.29, 1.82) is 0 Å². The molecule has 1 aromatic heterocycles. The second-order valence-corrected chi connectivity index (χ2v) is 6.47. The van der Waals surface area contributed by atoms with E-state index in [4.69, 9.17) is 10.5 Å². The first-order chi connectivity index (χ1) is 9.74. The molecule has 2 N–H and O–H groups in total. The molecular weight excluding hydrogens is 262 g/mol. The number of nitrogen functional groups attached to an aromatic ring is 1. The lowest BCUT2D eigenvalue weighted by molar-refractivity contribution is 0.404. The van der Waals surface area contributed by atoms with Gasteiger partial charge in [0.05, 0.1) is 5.69 Å². The first-order valence-corrected chi connectivity index (χ1v) is 7.36. The topological polar surface area (TPSA) is 53.1 Å². The van der Waals surface area contributed by atoms with Gasteiger partial charge in [0.25, 0.3) is 0 Å². The number of benzene rings is 1. The third-order valence-electron chi connectivity index (χ3n) is 3.58. The van der Waals surface area contributed by atoms with Crippen LogP contribution >= 0.6 is 0 Å². The molecule has 4 nitrogen and oxygen atoms in total. The fourth-order valence-corrected chi connectivity index (χ4v) is 2.33. The molecule has 0 unspecified atom stereocenters. The molecule has 0 bridgehead atoms. The Morgan fingerprint density at radius 3 is 2.48 bits per heavy atom. The van der Waals surface area contributed by atoms with Crippen LogP contribution in [0.25, 0.3) is 0 Å². The number of rotatable bonds is 3. The van der Waals surface area contributed by atoms with Gasteiger partial charge >= 0.3 is 0 Å². The maximum atomic E-state index is 6.17. The van der Waals surface area contributed by atoms with Crippen molar-refractivity contribution in [3.8, 4) is 11.6 Å². The van der Waals surface area contributed by atoms with Gasteiger partial charge in [-0.3, -0.25) is 0 Å². The van der Waals surface area contributed by atoms with Crippen LogP contribution in [0.15, 0.2) is 18.2 Å². The van der Waals surface area contributed by atoms with Gasteiger partial charge in [-0.05, 0) is 37.8 Å². The highest BCUT2D eigenvalue weighted by Crippen LogP contribution is 2.37. The Kier molecular flexibility index (Phi) is 3.99.